The second-order valence-electron chi connectivity index (χ2n) is 5.18. The van der Waals surface area contributed by atoms with Crippen molar-refractivity contribution < 1.29 is 14.3 Å². The molecule has 2 aliphatic heterocycles. The molecule has 0 bridgehead atoms. The molecule has 2 saturated heterocycles. The van der Waals surface area contributed by atoms with E-state index in [0.717, 1.165) is 44.0 Å². The SMILES string of the molecule is COCC(=O)NC1CCN(C(=O)C2CSCCN2)CC1. The summed E-state index contributed by atoms with van der Waals surface area (Å²) in [6.45, 7) is 2.45. The lowest BCUT2D eigenvalue weighted by atomic mass is 10.0. The van der Waals surface area contributed by atoms with E-state index >= 15 is 0 Å². The maximum Gasteiger partial charge on any atom is 0.246 e. The third kappa shape index (κ3) is 4.36. The van der Waals surface area contributed by atoms with Crippen molar-refractivity contribution in [2.45, 2.75) is 24.9 Å². The highest BCUT2D eigenvalue weighted by Gasteiger charge is 2.29. The molecule has 0 aliphatic carbocycles. The summed E-state index contributed by atoms with van der Waals surface area (Å²) < 4.78 is 4.80. The fourth-order valence-electron chi connectivity index (χ4n) is 2.59. The van der Waals surface area contributed by atoms with Gasteiger partial charge in [0.05, 0.1) is 6.04 Å². The summed E-state index contributed by atoms with van der Waals surface area (Å²) in [5.74, 6) is 2.07. The Hall–Kier alpha value is -0.790. The molecular formula is C13H23N3O3S. The van der Waals surface area contributed by atoms with Crippen molar-refractivity contribution in [3.05, 3.63) is 0 Å². The Bertz CT molecular complexity index is 340. The molecule has 114 valence electrons. The lowest BCUT2D eigenvalue weighted by Crippen LogP contribution is -2.54. The fourth-order valence-corrected chi connectivity index (χ4v) is 3.51. The molecule has 0 spiro atoms. The molecule has 2 amide bonds. The number of likely N-dealkylation sites (tertiary alicyclic amines) is 1. The minimum Gasteiger partial charge on any atom is -0.375 e. The summed E-state index contributed by atoms with van der Waals surface area (Å²) in [6.07, 6.45) is 1.64. The van der Waals surface area contributed by atoms with Crippen LogP contribution in [0, 0.1) is 0 Å². The molecule has 0 radical (unpaired) electrons. The number of amides is 2. The highest BCUT2D eigenvalue weighted by atomic mass is 32.2. The van der Waals surface area contributed by atoms with Crippen LogP contribution in [-0.4, -0.2) is 73.7 Å². The van der Waals surface area contributed by atoms with E-state index in [1.54, 1.807) is 0 Å². The Labute approximate surface area is 124 Å². The van der Waals surface area contributed by atoms with Crippen LogP contribution in [0.5, 0.6) is 0 Å². The second-order valence-corrected chi connectivity index (χ2v) is 6.33. The normalized spacial score (nSPS) is 24.4. The van der Waals surface area contributed by atoms with Gasteiger partial charge in [-0.15, -0.1) is 0 Å². The zero-order valence-corrected chi connectivity index (χ0v) is 12.7. The minimum absolute atomic E-state index is 0.0339. The molecule has 0 aromatic carbocycles. The number of nitrogens with zero attached hydrogens (tertiary/aromatic N) is 1. The van der Waals surface area contributed by atoms with Crippen LogP contribution in [0.3, 0.4) is 0 Å². The number of piperidine rings is 1. The van der Waals surface area contributed by atoms with Crippen molar-refractivity contribution >= 4 is 23.6 Å². The molecule has 2 heterocycles. The van der Waals surface area contributed by atoms with E-state index in [1.165, 1.54) is 7.11 Å². The number of carbonyl (C=O) groups excluding carboxylic acids is 2. The van der Waals surface area contributed by atoms with Crippen LogP contribution >= 0.6 is 11.8 Å². The topological polar surface area (TPSA) is 70.7 Å². The van der Waals surface area contributed by atoms with E-state index < -0.39 is 0 Å². The van der Waals surface area contributed by atoms with E-state index in [2.05, 4.69) is 10.6 Å². The largest absolute Gasteiger partial charge is 0.375 e. The Morgan fingerprint density at radius 1 is 1.40 bits per heavy atom. The summed E-state index contributed by atoms with van der Waals surface area (Å²) in [6, 6.07) is 0.128. The number of carbonyl (C=O) groups is 2. The summed E-state index contributed by atoms with van der Waals surface area (Å²) in [5.41, 5.74) is 0. The van der Waals surface area contributed by atoms with Gasteiger partial charge in [-0.25, -0.2) is 0 Å². The summed E-state index contributed by atoms with van der Waals surface area (Å²) in [7, 11) is 1.51. The monoisotopic (exact) mass is 301 g/mol. The third-order valence-electron chi connectivity index (χ3n) is 3.67. The predicted molar refractivity (Wildman–Crippen MR) is 78.7 cm³/mol. The predicted octanol–water partition coefficient (Wildman–Crippen LogP) is -0.555. The van der Waals surface area contributed by atoms with Crippen LogP contribution in [0.2, 0.25) is 0 Å². The molecule has 1 atom stereocenters. The lowest BCUT2D eigenvalue weighted by molar-refractivity contribution is -0.134. The molecule has 0 aromatic heterocycles. The van der Waals surface area contributed by atoms with E-state index in [0.29, 0.717) is 0 Å². The van der Waals surface area contributed by atoms with E-state index in [-0.39, 0.29) is 30.5 Å². The quantitative estimate of drug-likeness (QED) is 0.729. The van der Waals surface area contributed by atoms with Crippen LogP contribution in [0.4, 0.5) is 0 Å². The molecule has 2 rings (SSSR count). The fraction of sp³-hybridized carbons (Fsp3) is 0.846. The first kappa shape index (κ1) is 15.6. The summed E-state index contributed by atoms with van der Waals surface area (Å²) in [4.78, 5) is 25.7. The van der Waals surface area contributed by atoms with Crippen molar-refractivity contribution in [2.24, 2.45) is 0 Å². The van der Waals surface area contributed by atoms with Crippen LogP contribution in [-0.2, 0) is 14.3 Å². The first-order valence-corrected chi connectivity index (χ1v) is 8.24. The van der Waals surface area contributed by atoms with Gasteiger partial charge in [0.2, 0.25) is 11.8 Å². The molecule has 6 nitrogen and oxygen atoms in total. The highest BCUT2D eigenvalue weighted by Crippen LogP contribution is 2.15. The molecule has 7 heteroatoms. The number of rotatable bonds is 4. The zero-order valence-electron chi connectivity index (χ0n) is 11.9. The van der Waals surface area contributed by atoms with Gasteiger partial charge in [0, 0.05) is 44.3 Å². The number of hydrogen-bond donors (Lipinski definition) is 2. The minimum atomic E-state index is -0.0809. The molecule has 2 aliphatic rings. The molecular weight excluding hydrogens is 278 g/mol. The smallest absolute Gasteiger partial charge is 0.246 e. The molecule has 20 heavy (non-hydrogen) atoms. The third-order valence-corrected chi connectivity index (χ3v) is 4.73. The van der Waals surface area contributed by atoms with Crippen molar-refractivity contribution in [3.63, 3.8) is 0 Å². The first-order chi connectivity index (χ1) is 9.70. The van der Waals surface area contributed by atoms with E-state index in [4.69, 9.17) is 4.74 Å². The Morgan fingerprint density at radius 3 is 2.75 bits per heavy atom. The van der Waals surface area contributed by atoms with E-state index in [9.17, 15) is 9.59 Å². The van der Waals surface area contributed by atoms with Gasteiger partial charge >= 0.3 is 0 Å². The second kappa shape index (κ2) is 7.85. The van der Waals surface area contributed by atoms with Gasteiger partial charge < -0.3 is 20.3 Å². The van der Waals surface area contributed by atoms with Gasteiger partial charge in [-0.2, -0.15) is 11.8 Å². The van der Waals surface area contributed by atoms with Crippen LogP contribution in [0.25, 0.3) is 0 Å². The van der Waals surface area contributed by atoms with Gasteiger partial charge in [0.25, 0.3) is 0 Å². The molecule has 1 unspecified atom stereocenters. The van der Waals surface area contributed by atoms with E-state index in [1.807, 2.05) is 16.7 Å². The Kier molecular flexibility index (Phi) is 6.12. The maximum atomic E-state index is 12.3. The number of nitrogens with one attached hydrogen (secondary N) is 2. The lowest BCUT2D eigenvalue weighted by Gasteiger charge is -2.35. The van der Waals surface area contributed by atoms with Crippen molar-refractivity contribution in [3.8, 4) is 0 Å². The van der Waals surface area contributed by atoms with Crippen molar-refractivity contribution in [2.75, 3.05) is 44.9 Å². The first-order valence-electron chi connectivity index (χ1n) is 7.09. The van der Waals surface area contributed by atoms with Crippen molar-refractivity contribution in [1.29, 1.82) is 0 Å². The Morgan fingerprint density at radius 2 is 2.15 bits per heavy atom. The van der Waals surface area contributed by atoms with Crippen LogP contribution in [0.15, 0.2) is 0 Å². The van der Waals surface area contributed by atoms with Gasteiger partial charge in [0.1, 0.15) is 6.61 Å². The van der Waals surface area contributed by atoms with Crippen molar-refractivity contribution in [1.82, 2.24) is 15.5 Å². The average Bonchev–Trinajstić information content (AvgIpc) is 2.48. The zero-order chi connectivity index (χ0) is 14.4. The average molecular weight is 301 g/mol. The van der Waals surface area contributed by atoms with Crippen LogP contribution < -0.4 is 10.6 Å². The number of hydrogen-bond acceptors (Lipinski definition) is 5. The Balaban J connectivity index is 1.73. The highest BCUT2D eigenvalue weighted by molar-refractivity contribution is 7.99. The standard InChI is InChI=1S/C13H23N3O3S/c1-19-8-12(17)15-10-2-5-16(6-3-10)13(18)11-9-20-7-4-14-11/h10-11,14H,2-9H2,1H3,(H,15,17). The molecule has 2 fully saturated rings. The van der Waals surface area contributed by atoms with Gasteiger partial charge in [0.15, 0.2) is 0 Å². The number of thioether (sulfide) groups is 1. The molecule has 2 N–H and O–H groups in total. The molecule has 0 aromatic rings. The maximum absolute atomic E-state index is 12.3. The number of ether oxygens (including phenoxy) is 1. The summed E-state index contributed by atoms with van der Waals surface area (Å²) in [5, 5.41) is 6.22. The van der Waals surface area contributed by atoms with Crippen LogP contribution in [0.1, 0.15) is 12.8 Å². The van der Waals surface area contributed by atoms with Gasteiger partial charge in [-0.3, -0.25) is 9.59 Å². The molecule has 0 saturated carbocycles. The number of methoxy groups -OCH3 is 1. The van der Waals surface area contributed by atoms with Gasteiger partial charge in [-0.1, -0.05) is 0 Å². The van der Waals surface area contributed by atoms with Gasteiger partial charge in [-0.05, 0) is 12.8 Å². The summed E-state index contributed by atoms with van der Waals surface area (Å²) >= 11 is 1.83.